The van der Waals surface area contributed by atoms with E-state index in [-0.39, 0.29) is 6.04 Å². The average Bonchev–Trinajstić information content (AvgIpc) is 2.61. The minimum absolute atomic E-state index is 0.204. The van der Waals surface area contributed by atoms with Crippen LogP contribution in [0.25, 0.3) is 0 Å². The standard InChI is InChI=1S/C23H38NO/c1-5-7-15-24(16-9-8-10-17-24)22(12-6-2)23(25)18-21-19(3)13-11-14-20(21)4/h11,13-14,22H,5-10,12,15-18H2,1-4H3/q+1/t22-/m0/s1. The van der Waals surface area contributed by atoms with Crippen LogP contribution in [0, 0.1) is 13.8 Å². The zero-order valence-corrected chi connectivity index (χ0v) is 16.9. The van der Waals surface area contributed by atoms with Crippen molar-refractivity contribution >= 4 is 5.78 Å². The summed E-state index contributed by atoms with van der Waals surface area (Å²) in [5.74, 6) is 0.484. The van der Waals surface area contributed by atoms with Crippen LogP contribution in [0.1, 0.15) is 75.5 Å². The van der Waals surface area contributed by atoms with Gasteiger partial charge in [0.15, 0.2) is 5.78 Å². The monoisotopic (exact) mass is 344 g/mol. The van der Waals surface area contributed by atoms with Crippen LogP contribution in [0.3, 0.4) is 0 Å². The van der Waals surface area contributed by atoms with Gasteiger partial charge in [-0.25, -0.2) is 0 Å². The molecule has 140 valence electrons. The number of hydrogen-bond donors (Lipinski definition) is 0. The highest BCUT2D eigenvalue weighted by atomic mass is 16.1. The molecule has 2 heteroatoms. The number of unbranched alkanes of at least 4 members (excludes halogenated alkanes) is 1. The van der Waals surface area contributed by atoms with E-state index in [4.69, 9.17) is 0 Å². The van der Waals surface area contributed by atoms with Gasteiger partial charge in [-0.1, -0.05) is 44.9 Å². The summed E-state index contributed by atoms with van der Waals surface area (Å²) in [7, 11) is 0. The first kappa shape index (κ1) is 20.2. The number of ketones is 1. The molecule has 1 saturated heterocycles. The second-order valence-corrected chi connectivity index (χ2v) is 8.12. The molecule has 0 N–H and O–H groups in total. The molecule has 2 rings (SSSR count). The highest BCUT2D eigenvalue weighted by Crippen LogP contribution is 2.29. The number of likely N-dealkylation sites (tertiary alicyclic amines) is 1. The topological polar surface area (TPSA) is 17.1 Å². The van der Waals surface area contributed by atoms with Crippen LogP contribution < -0.4 is 0 Å². The zero-order chi connectivity index (χ0) is 18.3. The van der Waals surface area contributed by atoms with Gasteiger partial charge in [-0.2, -0.15) is 0 Å². The molecule has 0 spiro atoms. The molecule has 1 fully saturated rings. The lowest BCUT2D eigenvalue weighted by atomic mass is 9.90. The Morgan fingerprint density at radius 3 is 2.24 bits per heavy atom. The van der Waals surface area contributed by atoms with Crippen molar-refractivity contribution in [1.29, 1.82) is 0 Å². The molecule has 1 aliphatic rings. The van der Waals surface area contributed by atoms with Gasteiger partial charge in [0.2, 0.25) is 0 Å². The molecule has 25 heavy (non-hydrogen) atoms. The summed E-state index contributed by atoms with van der Waals surface area (Å²) in [6, 6.07) is 6.59. The fraction of sp³-hybridized carbons (Fsp3) is 0.696. The largest absolute Gasteiger partial charge is 0.315 e. The van der Waals surface area contributed by atoms with E-state index in [0.29, 0.717) is 12.2 Å². The van der Waals surface area contributed by atoms with E-state index in [2.05, 4.69) is 45.9 Å². The zero-order valence-electron chi connectivity index (χ0n) is 16.9. The molecule has 1 heterocycles. The Balaban J connectivity index is 2.26. The first-order valence-electron chi connectivity index (χ1n) is 10.5. The van der Waals surface area contributed by atoms with Crippen LogP contribution in [0.15, 0.2) is 18.2 Å². The fourth-order valence-corrected chi connectivity index (χ4v) is 4.74. The molecule has 1 aliphatic heterocycles. The molecule has 0 aromatic heterocycles. The van der Waals surface area contributed by atoms with E-state index in [0.717, 1.165) is 17.3 Å². The van der Waals surface area contributed by atoms with E-state index >= 15 is 0 Å². The van der Waals surface area contributed by atoms with Gasteiger partial charge in [-0.15, -0.1) is 0 Å². The summed E-state index contributed by atoms with van der Waals surface area (Å²) in [4.78, 5) is 13.5. The van der Waals surface area contributed by atoms with Crippen molar-refractivity contribution in [3.8, 4) is 0 Å². The number of quaternary nitrogens is 1. The molecule has 0 amide bonds. The molecular weight excluding hydrogens is 306 g/mol. The molecule has 0 bridgehead atoms. The van der Waals surface area contributed by atoms with Gasteiger partial charge in [0.25, 0.3) is 0 Å². The van der Waals surface area contributed by atoms with Gasteiger partial charge in [0.05, 0.1) is 19.6 Å². The Hall–Kier alpha value is -1.15. The van der Waals surface area contributed by atoms with Crippen LogP contribution in [-0.2, 0) is 11.2 Å². The molecule has 2 nitrogen and oxygen atoms in total. The average molecular weight is 345 g/mol. The van der Waals surface area contributed by atoms with Crippen LogP contribution in [-0.4, -0.2) is 35.9 Å². The maximum absolute atomic E-state index is 13.5. The Morgan fingerprint density at radius 2 is 1.68 bits per heavy atom. The number of hydrogen-bond acceptors (Lipinski definition) is 1. The molecule has 0 radical (unpaired) electrons. The molecule has 1 aromatic rings. The number of rotatable bonds is 9. The van der Waals surface area contributed by atoms with Gasteiger partial charge < -0.3 is 4.48 Å². The van der Waals surface area contributed by atoms with Crippen LogP contribution in [0.4, 0.5) is 0 Å². The number of benzene rings is 1. The third-order valence-electron chi connectivity index (χ3n) is 6.25. The van der Waals surface area contributed by atoms with E-state index in [1.807, 2.05) is 0 Å². The highest BCUT2D eigenvalue weighted by Gasteiger charge is 2.41. The lowest BCUT2D eigenvalue weighted by Gasteiger charge is -2.47. The van der Waals surface area contributed by atoms with E-state index in [1.54, 1.807) is 0 Å². The molecular formula is C23H38NO+. The summed E-state index contributed by atoms with van der Waals surface area (Å²) in [5.41, 5.74) is 3.80. The van der Waals surface area contributed by atoms with Crippen molar-refractivity contribution in [2.45, 2.75) is 85.1 Å². The van der Waals surface area contributed by atoms with Gasteiger partial charge in [-0.05, 0) is 56.2 Å². The normalized spacial score (nSPS) is 18.1. The Labute approximate surface area is 155 Å². The number of carbonyl (C=O) groups excluding carboxylic acids is 1. The summed E-state index contributed by atoms with van der Waals surface area (Å²) in [5, 5.41) is 0. The van der Waals surface area contributed by atoms with Crippen molar-refractivity contribution in [1.82, 2.24) is 0 Å². The summed E-state index contributed by atoms with van der Waals surface area (Å²) in [6.45, 7) is 12.4. The third kappa shape index (κ3) is 4.94. The Bertz CT molecular complexity index is 537. The van der Waals surface area contributed by atoms with Crippen molar-refractivity contribution in [2.75, 3.05) is 19.6 Å². The summed E-state index contributed by atoms with van der Waals surface area (Å²) < 4.78 is 1.07. The van der Waals surface area contributed by atoms with Crippen molar-refractivity contribution < 1.29 is 9.28 Å². The lowest BCUT2D eigenvalue weighted by Crippen LogP contribution is -2.61. The fourth-order valence-electron chi connectivity index (χ4n) is 4.74. The number of carbonyl (C=O) groups is 1. The molecule has 0 aliphatic carbocycles. The highest BCUT2D eigenvalue weighted by molar-refractivity contribution is 5.85. The number of piperidine rings is 1. The van der Waals surface area contributed by atoms with Gasteiger partial charge in [-0.3, -0.25) is 4.79 Å². The Kier molecular flexibility index (Phi) is 7.68. The van der Waals surface area contributed by atoms with E-state index in [9.17, 15) is 4.79 Å². The van der Waals surface area contributed by atoms with E-state index in [1.165, 1.54) is 68.4 Å². The predicted molar refractivity (Wildman–Crippen MR) is 107 cm³/mol. The maximum atomic E-state index is 13.5. The molecule has 1 atom stereocenters. The maximum Gasteiger partial charge on any atom is 0.194 e. The molecule has 0 saturated carbocycles. The van der Waals surface area contributed by atoms with Crippen molar-refractivity contribution in [3.63, 3.8) is 0 Å². The number of nitrogens with zero attached hydrogens (tertiary/aromatic N) is 1. The van der Waals surface area contributed by atoms with Crippen molar-refractivity contribution in [3.05, 3.63) is 34.9 Å². The quantitative estimate of drug-likeness (QED) is 0.549. The van der Waals surface area contributed by atoms with Crippen LogP contribution in [0.5, 0.6) is 0 Å². The lowest BCUT2D eigenvalue weighted by molar-refractivity contribution is -0.947. The van der Waals surface area contributed by atoms with Crippen LogP contribution >= 0.6 is 0 Å². The second-order valence-electron chi connectivity index (χ2n) is 8.12. The number of aryl methyl sites for hydroxylation is 2. The minimum Gasteiger partial charge on any atom is -0.315 e. The SMILES string of the molecule is CCCC[N+]1([C@@H](CCC)C(=O)Cc2c(C)cccc2C)CCCCC1. The van der Waals surface area contributed by atoms with Gasteiger partial charge in [0.1, 0.15) is 6.04 Å². The second kappa shape index (κ2) is 9.52. The van der Waals surface area contributed by atoms with Crippen LogP contribution in [0.2, 0.25) is 0 Å². The first-order chi connectivity index (χ1) is 12.0. The van der Waals surface area contributed by atoms with Gasteiger partial charge in [0, 0.05) is 12.8 Å². The van der Waals surface area contributed by atoms with Gasteiger partial charge >= 0.3 is 0 Å². The summed E-state index contributed by atoms with van der Waals surface area (Å²) in [6.07, 6.45) is 9.18. The summed E-state index contributed by atoms with van der Waals surface area (Å²) >= 11 is 0. The number of Topliss-reactive ketones (excluding diaryl/α,β-unsaturated/α-hetero) is 1. The smallest absolute Gasteiger partial charge is 0.194 e. The first-order valence-corrected chi connectivity index (χ1v) is 10.5. The minimum atomic E-state index is 0.204. The Morgan fingerprint density at radius 1 is 1.04 bits per heavy atom. The third-order valence-corrected chi connectivity index (χ3v) is 6.25. The van der Waals surface area contributed by atoms with Crippen molar-refractivity contribution in [2.24, 2.45) is 0 Å². The molecule has 1 aromatic carbocycles. The molecule has 0 unspecified atom stereocenters. The predicted octanol–water partition coefficient (Wildman–Crippen LogP) is 5.38. The van der Waals surface area contributed by atoms with E-state index < -0.39 is 0 Å².